The minimum atomic E-state index is -0.852. The molecule has 0 saturated heterocycles. The van der Waals surface area contributed by atoms with E-state index in [4.69, 9.17) is 9.84 Å². The highest BCUT2D eigenvalue weighted by Gasteiger charge is 2.05. The number of nitrogens with zero attached hydrogens (tertiary/aromatic N) is 1. The van der Waals surface area contributed by atoms with E-state index in [1.165, 1.54) is 0 Å². The number of hydrogen-bond acceptors (Lipinski definition) is 2. The van der Waals surface area contributed by atoms with Crippen LogP contribution in [0.2, 0.25) is 0 Å². The first-order valence-electron chi connectivity index (χ1n) is 6.20. The third-order valence-corrected chi connectivity index (χ3v) is 2.80. The maximum absolute atomic E-state index is 10.6. The van der Waals surface area contributed by atoms with Crippen molar-refractivity contribution in [2.75, 3.05) is 7.11 Å². The van der Waals surface area contributed by atoms with Crippen molar-refractivity contribution in [3.05, 3.63) is 59.9 Å². The van der Waals surface area contributed by atoms with Gasteiger partial charge in [-0.25, -0.2) is 4.79 Å². The van der Waals surface area contributed by atoms with Crippen molar-refractivity contribution in [1.82, 2.24) is 0 Å². The number of benzene rings is 1. The van der Waals surface area contributed by atoms with Gasteiger partial charge < -0.3 is 22.3 Å². The van der Waals surface area contributed by atoms with Crippen molar-refractivity contribution in [2.24, 2.45) is 0 Å². The highest BCUT2D eigenvalue weighted by molar-refractivity contribution is 5.69. The Balaban J connectivity index is 0.00000220. The van der Waals surface area contributed by atoms with E-state index in [9.17, 15) is 4.79 Å². The molecule has 1 aromatic heterocycles. The molecule has 0 saturated carbocycles. The molecule has 0 amide bonds. The van der Waals surface area contributed by atoms with Gasteiger partial charge in [-0.3, -0.25) is 0 Å². The summed E-state index contributed by atoms with van der Waals surface area (Å²) >= 11 is 0. The lowest BCUT2D eigenvalue weighted by Crippen LogP contribution is -3.00. The minimum Gasteiger partial charge on any atom is -1.00 e. The zero-order chi connectivity index (χ0) is 14.4. The lowest BCUT2D eigenvalue weighted by Gasteiger charge is -2.00. The van der Waals surface area contributed by atoms with Gasteiger partial charge >= 0.3 is 5.97 Å². The van der Waals surface area contributed by atoms with Crippen molar-refractivity contribution in [2.45, 2.75) is 6.54 Å². The number of halogens is 1. The number of methoxy groups -OCH3 is 1. The first kappa shape index (κ1) is 16.7. The molecule has 0 bridgehead atoms. The Hall–Kier alpha value is -2.33. The van der Waals surface area contributed by atoms with E-state index in [2.05, 4.69) is 0 Å². The van der Waals surface area contributed by atoms with Crippen molar-refractivity contribution in [3.63, 3.8) is 0 Å². The van der Waals surface area contributed by atoms with Gasteiger partial charge in [0, 0.05) is 12.1 Å². The fourth-order valence-electron chi connectivity index (χ4n) is 1.78. The predicted molar refractivity (Wildman–Crippen MR) is 76.2 cm³/mol. The highest BCUT2D eigenvalue weighted by atomic mass is 35.5. The van der Waals surface area contributed by atoms with Crippen LogP contribution in [0.3, 0.4) is 0 Å². The van der Waals surface area contributed by atoms with Crippen LogP contribution in [0.4, 0.5) is 0 Å². The van der Waals surface area contributed by atoms with Crippen LogP contribution >= 0.6 is 0 Å². The topological polar surface area (TPSA) is 50.4 Å². The van der Waals surface area contributed by atoms with Crippen LogP contribution < -0.4 is 21.7 Å². The minimum absolute atomic E-state index is 0. The number of rotatable bonds is 5. The molecule has 110 valence electrons. The molecule has 0 radical (unpaired) electrons. The number of aromatic nitrogens is 1. The van der Waals surface area contributed by atoms with Crippen LogP contribution in [0.1, 0.15) is 11.1 Å². The summed E-state index contributed by atoms with van der Waals surface area (Å²) in [5.74, 6) is -0.0332. The van der Waals surface area contributed by atoms with Crippen molar-refractivity contribution >= 4 is 18.1 Å². The number of carbonyl (C=O) groups is 1. The third-order valence-electron chi connectivity index (χ3n) is 2.80. The SMILES string of the molecule is COc1cccc(/C=C\c2cc[n+](CC(=O)O)cc2)c1.[Cl-]. The van der Waals surface area contributed by atoms with Crippen molar-refractivity contribution in [1.29, 1.82) is 0 Å². The second-order valence-corrected chi connectivity index (χ2v) is 4.31. The fourth-order valence-corrected chi connectivity index (χ4v) is 1.78. The second-order valence-electron chi connectivity index (χ2n) is 4.31. The lowest BCUT2D eigenvalue weighted by atomic mass is 10.1. The summed E-state index contributed by atoms with van der Waals surface area (Å²) in [6, 6.07) is 11.5. The molecule has 0 aliphatic heterocycles. The Labute approximate surface area is 129 Å². The van der Waals surface area contributed by atoms with E-state index in [1.807, 2.05) is 48.6 Å². The van der Waals surface area contributed by atoms with Gasteiger partial charge in [0.05, 0.1) is 7.11 Å². The zero-order valence-corrected chi connectivity index (χ0v) is 12.3. The van der Waals surface area contributed by atoms with Crippen LogP contribution in [0.15, 0.2) is 48.8 Å². The molecule has 0 atom stereocenters. The lowest BCUT2D eigenvalue weighted by molar-refractivity contribution is -0.685. The molecule has 2 aromatic rings. The van der Waals surface area contributed by atoms with Crippen LogP contribution in [0.25, 0.3) is 12.2 Å². The van der Waals surface area contributed by atoms with Crippen LogP contribution in [0.5, 0.6) is 5.75 Å². The van der Waals surface area contributed by atoms with Gasteiger partial charge in [0.15, 0.2) is 12.4 Å². The Bertz CT molecular complexity index is 624. The van der Waals surface area contributed by atoms with E-state index in [-0.39, 0.29) is 19.0 Å². The molecule has 0 fully saturated rings. The average molecular weight is 306 g/mol. The maximum atomic E-state index is 10.6. The molecule has 0 unspecified atom stereocenters. The highest BCUT2D eigenvalue weighted by Crippen LogP contribution is 2.14. The number of hydrogen-bond donors (Lipinski definition) is 1. The Morgan fingerprint density at radius 3 is 2.48 bits per heavy atom. The molecule has 1 N–H and O–H groups in total. The van der Waals surface area contributed by atoms with E-state index in [1.54, 1.807) is 24.1 Å². The van der Waals surface area contributed by atoms with Gasteiger partial charge in [-0.05, 0) is 23.3 Å². The van der Waals surface area contributed by atoms with Gasteiger partial charge in [-0.15, -0.1) is 0 Å². The van der Waals surface area contributed by atoms with Gasteiger partial charge in [-0.1, -0.05) is 24.3 Å². The third kappa shape index (κ3) is 5.28. The zero-order valence-electron chi connectivity index (χ0n) is 11.6. The van der Waals surface area contributed by atoms with E-state index in [0.29, 0.717) is 0 Å². The molecule has 1 heterocycles. The number of aliphatic carboxylic acids is 1. The molecule has 0 aliphatic carbocycles. The quantitative estimate of drug-likeness (QED) is 0.739. The maximum Gasteiger partial charge on any atom is 0.370 e. The molecule has 21 heavy (non-hydrogen) atoms. The van der Waals surface area contributed by atoms with E-state index < -0.39 is 5.97 Å². The van der Waals surface area contributed by atoms with Gasteiger partial charge in [0.1, 0.15) is 5.75 Å². The van der Waals surface area contributed by atoms with E-state index in [0.717, 1.165) is 16.9 Å². The summed E-state index contributed by atoms with van der Waals surface area (Å²) in [6.07, 6.45) is 7.46. The number of carboxylic acid groups (broad SMARTS) is 1. The standard InChI is InChI=1S/C16H15NO3.ClH/c1-20-15-4-2-3-14(11-15)6-5-13-7-9-17(10-8-13)12-16(18)19;/h2-11H,12H2,1H3;1H/b6-5-;. The number of pyridine rings is 1. The molecule has 0 aliphatic rings. The van der Waals surface area contributed by atoms with Crippen LogP contribution in [-0.2, 0) is 11.3 Å². The Kier molecular flexibility index (Phi) is 6.43. The second kappa shape index (κ2) is 8.07. The summed E-state index contributed by atoms with van der Waals surface area (Å²) in [5.41, 5.74) is 2.06. The summed E-state index contributed by atoms with van der Waals surface area (Å²) in [7, 11) is 1.64. The molecule has 2 rings (SSSR count). The van der Waals surface area contributed by atoms with Gasteiger partial charge in [0.2, 0.25) is 6.54 Å². The molecule has 0 spiro atoms. The molecule has 5 heteroatoms. The normalized spacial score (nSPS) is 10.1. The van der Waals surface area contributed by atoms with Gasteiger partial charge in [-0.2, -0.15) is 4.57 Å². The number of ether oxygens (including phenoxy) is 1. The summed E-state index contributed by atoms with van der Waals surface area (Å²) < 4.78 is 6.78. The first-order chi connectivity index (χ1) is 9.67. The molecule has 1 aromatic carbocycles. The summed E-state index contributed by atoms with van der Waals surface area (Å²) in [6.45, 7) is -0.0279. The van der Waals surface area contributed by atoms with Crippen LogP contribution in [0, 0.1) is 0 Å². The van der Waals surface area contributed by atoms with Crippen molar-refractivity contribution in [3.8, 4) is 5.75 Å². The molecular weight excluding hydrogens is 290 g/mol. The largest absolute Gasteiger partial charge is 1.00 e. The van der Waals surface area contributed by atoms with Crippen molar-refractivity contribution < 1.29 is 31.6 Å². The smallest absolute Gasteiger partial charge is 0.370 e. The fraction of sp³-hybridized carbons (Fsp3) is 0.125. The summed E-state index contributed by atoms with van der Waals surface area (Å²) in [5, 5.41) is 8.69. The first-order valence-corrected chi connectivity index (χ1v) is 6.20. The Morgan fingerprint density at radius 1 is 1.19 bits per heavy atom. The summed E-state index contributed by atoms with van der Waals surface area (Å²) in [4.78, 5) is 10.6. The molecular formula is C16H16ClNO3. The predicted octanol–water partition coefficient (Wildman–Crippen LogP) is -0.758. The van der Waals surface area contributed by atoms with Gasteiger partial charge in [0.25, 0.3) is 0 Å². The van der Waals surface area contributed by atoms with E-state index >= 15 is 0 Å². The monoisotopic (exact) mass is 305 g/mol. The number of carboxylic acids is 1. The molecule has 4 nitrogen and oxygen atoms in total. The van der Waals surface area contributed by atoms with Crippen LogP contribution in [-0.4, -0.2) is 18.2 Å². The average Bonchev–Trinajstić information content (AvgIpc) is 2.46. The Morgan fingerprint density at radius 2 is 1.86 bits per heavy atom.